The third kappa shape index (κ3) is 6.93. The first-order valence-corrected chi connectivity index (χ1v) is 8.44. The number of likely N-dealkylation sites (N-methyl/N-ethyl adjacent to an activating group) is 2. The molecule has 2 aliphatic carbocycles. The fourth-order valence-corrected chi connectivity index (χ4v) is 3.53. The van der Waals surface area contributed by atoms with E-state index in [1.807, 2.05) is 38.0 Å². The molecule has 1 spiro atoms. The van der Waals surface area contributed by atoms with Gasteiger partial charge in [-0.2, -0.15) is 0 Å². The van der Waals surface area contributed by atoms with Crippen LogP contribution in [0.15, 0.2) is 0 Å². The maximum atomic E-state index is 11.9. The molecule has 6 nitrogen and oxygen atoms in total. The van der Waals surface area contributed by atoms with E-state index in [0.717, 1.165) is 38.8 Å². The first kappa shape index (κ1) is 24.4. The predicted molar refractivity (Wildman–Crippen MR) is 101 cm³/mol. The van der Waals surface area contributed by atoms with E-state index >= 15 is 0 Å². The quantitative estimate of drug-likeness (QED) is 0.581. The third-order valence-electron chi connectivity index (χ3n) is 4.95. The zero-order valence-electron chi connectivity index (χ0n) is 15.7. The standard InChI is InChI=1S/C17H30N2O4.2ClH/c1-18(2)5-7-22-15(20)13-9-17(10-13)11-14(12-17)16(21)23-8-6-19(3)4;;/h13-14H,5-12H2,1-4H3;2*1H. The smallest absolute Gasteiger partial charge is 0.309 e. The monoisotopic (exact) mass is 398 g/mol. The van der Waals surface area contributed by atoms with Crippen LogP contribution in [0, 0.1) is 17.3 Å². The number of esters is 2. The van der Waals surface area contributed by atoms with E-state index in [9.17, 15) is 9.59 Å². The van der Waals surface area contributed by atoms with E-state index in [4.69, 9.17) is 9.47 Å². The van der Waals surface area contributed by atoms with Gasteiger partial charge >= 0.3 is 11.9 Å². The number of carbonyl (C=O) groups is 2. The molecule has 0 aromatic heterocycles. The first-order chi connectivity index (χ1) is 10.8. The van der Waals surface area contributed by atoms with Crippen LogP contribution in [0.25, 0.3) is 0 Å². The Bertz CT molecular complexity index is 391. The Morgan fingerprint density at radius 2 is 1.12 bits per heavy atom. The molecule has 0 aromatic carbocycles. The van der Waals surface area contributed by atoms with Gasteiger partial charge in [-0.3, -0.25) is 9.59 Å². The summed E-state index contributed by atoms with van der Waals surface area (Å²) in [6.45, 7) is 2.42. The Kier molecular flexibility index (Phi) is 10.3. The number of nitrogens with zero attached hydrogens (tertiary/aromatic N) is 2. The van der Waals surface area contributed by atoms with Crippen molar-refractivity contribution < 1.29 is 19.1 Å². The van der Waals surface area contributed by atoms with Crippen molar-refractivity contribution in [2.75, 3.05) is 54.5 Å². The SMILES string of the molecule is CN(C)CCOC(=O)C1CC2(C1)CC(C(=O)OCCN(C)C)C2.Cl.Cl. The molecule has 0 bridgehead atoms. The van der Waals surface area contributed by atoms with Gasteiger partial charge in [0.05, 0.1) is 11.8 Å². The summed E-state index contributed by atoms with van der Waals surface area (Å²) in [6.07, 6.45) is 3.48. The maximum absolute atomic E-state index is 11.9. The van der Waals surface area contributed by atoms with Crippen LogP contribution in [0.5, 0.6) is 0 Å². The summed E-state index contributed by atoms with van der Waals surface area (Å²) < 4.78 is 10.6. The molecule has 0 unspecified atom stereocenters. The van der Waals surface area contributed by atoms with Crippen LogP contribution < -0.4 is 0 Å². The highest BCUT2D eigenvalue weighted by atomic mass is 35.5. The van der Waals surface area contributed by atoms with Crippen LogP contribution >= 0.6 is 24.8 Å². The molecule has 0 heterocycles. The van der Waals surface area contributed by atoms with Crippen molar-refractivity contribution in [1.82, 2.24) is 9.80 Å². The van der Waals surface area contributed by atoms with Crippen molar-refractivity contribution in [2.45, 2.75) is 25.7 Å². The van der Waals surface area contributed by atoms with Crippen LogP contribution in [-0.2, 0) is 19.1 Å². The van der Waals surface area contributed by atoms with E-state index in [0.29, 0.717) is 13.2 Å². The molecule has 0 atom stereocenters. The van der Waals surface area contributed by atoms with Gasteiger partial charge in [-0.1, -0.05) is 0 Å². The van der Waals surface area contributed by atoms with Crippen molar-refractivity contribution in [1.29, 1.82) is 0 Å². The number of rotatable bonds is 8. The normalized spacial score (nSPS) is 27.0. The predicted octanol–water partition coefficient (Wildman–Crippen LogP) is 1.85. The highest BCUT2D eigenvalue weighted by Gasteiger charge is 2.57. The summed E-state index contributed by atoms with van der Waals surface area (Å²) in [4.78, 5) is 27.8. The maximum Gasteiger partial charge on any atom is 0.309 e. The molecule has 25 heavy (non-hydrogen) atoms. The Morgan fingerprint density at radius 1 is 0.800 bits per heavy atom. The summed E-state index contributed by atoms with van der Waals surface area (Å²) >= 11 is 0. The molecule has 0 amide bonds. The van der Waals surface area contributed by atoms with Gasteiger partial charge in [0, 0.05) is 13.1 Å². The lowest BCUT2D eigenvalue weighted by Crippen LogP contribution is -2.52. The van der Waals surface area contributed by atoms with E-state index < -0.39 is 0 Å². The van der Waals surface area contributed by atoms with Gasteiger partial charge in [-0.15, -0.1) is 24.8 Å². The molecule has 0 N–H and O–H groups in total. The summed E-state index contributed by atoms with van der Waals surface area (Å²) in [6, 6.07) is 0. The molecule has 2 fully saturated rings. The van der Waals surface area contributed by atoms with Gasteiger partial charge in [-0.25, -0.2) is 0 Å². The average molecular weight is 399 g/mol. The minimum absolute atomic E-state index is 0. The van der Waals surface area contributed by atoms with Gasteiger partial charge in [0.1, 0.15) is 13.2 Å². The molecule has 8 heteroatoms. The molecule has 0 saturated heterocycles. The first-order valence-electron chi connectivity index (χ1n) is 8.44. The van der Waals surface area contributed by atoms with Crippen LogP contribution in [0.2, 0.25) is 0 Å². The number of hydrogen-bond donors (Lipinski definition) is 0. The fourth-order valence-electron chi connectivity index (χ4n) is 3.53. The molecule has 148 valence electrons. The van der Waals surface area contributed by atoms with Crippen LogP contribution in [-0.4, -0.2) is 76.2 Å². The molecule has 2 saturated carbocycles. The van der Waals surface area contributed by atoms with E-state index in [2.05, 4.69) is 0 Å². The summed E-state index contributed by atoms with van der Waals surface area (Å²) in [5, 5.41) is 0. The summed E-state index contributed by atoms with van der Waals surface area (Å²) in [7, 11) is 7.83. The molecule has 0 aliphatic heterocycles. The van der Waals surface area contributed by atoms with Gasteiger partial charge in [-0.05, 0) is 59.3 Å². The molecule has 0 radical (unpaired) electrons. The summed E-state index contributed by atoms with van der Waals surface area (Å²) in [5.74, 6) is -0.0882. The second kappa shape index (κ2) is 10.6. The van der Waals surface area contributed by atoms with Crippen LogP contribution in [0.1, 0.15) is 25.7 Å². The molecular formula is C17H32Cl2N2O4. The average Bonchev–Trinajstić information content (AvgIpc) is 2.34. The van der Waals surface area contributed by atoms with Gasteiger partial charge in [0.2, 0.25) is 0 Å². The second-order valence-electron chi connectivity index (χ2n) is 7.65. The van der Waals surface area contributed by atoms with E-state index in [1.165, 1.54) is 0 Å². The zero-order chi connectivity index (χ0) is 17.0. The highest BCUT2D eigenvalue weighted by Crippen LogP contribution is 2.61. The van der Waals surface area contributed by atoms with Gasteiger partial charge in [0.25, 0.3) is 0 Å². The number of ether oxygens (including phenoxy) is 2. The fraction of sp³-hybridized carbons (Fsp3) is 0.882. The highest BCUT2D eigenvalue weighted by molar-refractivity contribution is 5.85. The largest absolute Gasteiger partial charge is 0.464 e. The molecule has 2 rings (SSSR count). The number of hydrogen-bond acceptors (Lipinski definition) is 6. The van der Waals surface area contributed by atoms with E-state index in [-0.39, 0.29) is 54.0 Å². The molecule has 2 aliphatic rings. The summed E-state index contributed by atoms with van der Waals surface area (Å²) in [5.41, 5.74) is 0.205. The van der Waals surface area contributed by atoms with Crippen molar-refractivity contribution >= 4 is 36.8 Å². The third-order valence-corrected chi connectivity index (χ3v) is 4.95. The Morgan fingerprint density at radius 3 is 1.40 bits per heavy atom. The lowest BCUT2D eigenvalue weighted by atomic mass is 9.48. The van der Waals surface area contributed by atoms with Gasteiger partial charge < -0.3 is 19.3 Å². The minimum Gasteiger partial charge on any atom is -0.464 e. The number of halogens is 2. The zero-order valence-corrected chi connectivity index (χ0v) is 17.3. The van der Waals surface area contributed by atoms with Crippen molar-refractivity contribution in [2.24, 2.45) is 17.3 Å². The Labute approximate surface area is 163 Å². The van der Waals surface area contributed by atoms with Crippen molar-refractivity contribution in [3.8, 4) is 0 Å². The van der Waals surface area contributed by atoms with Gasteiger partial charge in [0.15, 0.2) is 0 Å². The number of carbonyl (C=O) groups excluding carboxylic acids is 2. The van der Waals surface area contributed by atoms with Crippen molar-refractivity contribution in [3.63, 3.8) is 0 Å². The minimum atomic E-state index is -0.0746. The van der Waals surface area contributed by atoms with Crippen LogP contribution in [0.3, 0.4) is 0 Å². The van der Waals surface area contributed by atoms with Crippen molar-refractivity contribution in [3.05, 3.63) is 0 Å². The second-order valence-corrected chi connectivity index (χ2v) is 7.65. The molecular weight excluding hydrogens is 367 g/mol. The van der Waals surface area contributed by atoms with E-state index in [1.54, 1.807) is 0 Å². The lowest BCUT2D eigenvalue weighted by Gasteiger charge is -2.56. The Hall–Kier alpha value is -0.560. The topological polar surface area (TPSA) is 59.1 Å². The lowest BCUT2D eigenvalue weighted by molar-refractivity contribution is -0.174. The van der Waals surface area contributed by atoms with Crippen LogP contribution in [0.4, 0.5) is 0 Å². The molecule has 0 aromatic rings. The Balaban J connectivity index is 0.00000288.